The van der Waals surface area contributed by atoms with Gasteiger partial charge in [0, 0.05) is 28.6 Å². The molecule has 1 aromatic rings. The Balaban J connectivity index is 1.61. The zero-order chi connectivity index (χ0) is 13.3. The Labute approximate surface area is 122 Å². The fourth-order valence-corrected chi connectivity index (χ4v) is 3.61. The Morgan fingerprint density at radius 1 is 1.53 bits per heavy atom. The number of rotatable bonds is 4. The van der Waals surface area contributed by atoms with Crippen LogP contribution in [0.15, 0.2) is 24.3 Å². The average Bonchev–Trinajstić information content (AvgIpc) is 3.00. The van der Waals surface area contributed by atoms with Gasteiger partial charge in [-0.05, 0) is 30.5 Å². The molecule has 0 aromatic heterocycles. The fraction of sp³-hybridized carbons (Fsp3) is 0.500. The summed E-state index contributed by atoms with van der Waals surface area (Å²) in [6, 6.07) is 7.97. The van der Waals surface area contributed by atoms with Crippen LogP contribution in [0.3, 0.4) is 0 Å². The highest BCUT2D eigenvalue weighted by Crippen LogP contribution is 2.48. The lowest BCUT2D eigenvalue weighted by Crippen LogP contribution is -2.44. The third-order valence-electron chi connectivity index (χ3n) is 3.92. The van der Waals surface area contributed by atoms with Crippen molar-refractivity contribution in [1.82, 2.24) is 10.6 Å². The molecule has 0 radical (unpaired) electrons. The molecule has 0 bridgehead atoms. The van der Waals surface area contributed by atoms with Gasteiger partial charge in [0.2, 0.25) is 5.91 Å². The second-order valence-corrected chi connectivity index (χ2v) is 6.75. The predicted molar refractivity (Wildman–Crippen MR) is 79.6 cm³/mol. The summed E-state index contributed by atoms with van der Waals surface area (Å²) >= 11 is 7.81. The van der Waals surface area contributed by atoms with E-state index in [1.54, 1.807) is 11.8 Å². The topological polar surface area (TPSA) is 41.1 Å². The molecule has 1 aromatic carbocycles. The van der Waals surface area contributed by atoms with Crippen LogP contribution in [0.25, 0.3) is 0 Å². The molecule has 3 rings (SSSR count). The normalized spacial score (nSPS) is 24.2. The van der Waals surface area contributed by atoms with Crippen molar-refractivity contribution in [3.05, 3.63) is 34.9 Å². The Morgan fingerprint density at radius 2 is 2.37 bits per heavy atom. The number of halogens is 1. The van der Waals surface area contributed by atoms with E-state index in [1.807, 2.05) is 18.2 Å². The summed E-state index contributed by atoms with van der Waals surface area (Å²) in [6.07, 6.45) is 2.25. The molecule has 1 unspecified atom stereocenters. The first-order valence-corrected chi connectivity index (χ1v) is 8.08. The lowest BCUT2D eigenvalue weighted by molar-refractivity contribution is -0.122. The molecule has 1 aliphatic heterocycles. The highest BCUT2D eigenvalue weighted by Gasteiger charge is 2.44. The minimum Gasteiger partial charge on any atom is -0.354 e. The van der Waals surface area contributed by atoms with Crippen LogP contribution in [-0.4, -0.2) is 30.1 Å². The summed E-state index contributed by atoms with van der Waals surface area (Å²) in [4.78, 5) is 12.0. The largest absolute Gasteiger partial charge is 0.354 e. The number of thioether (sulfide) groups is 1. The molecular weight excluding hydrogens is 280 g/mol. The average molecular weight is 297 g/mol. The van der Waals surface area contributed by atoms with E-state index in [4.69, 9.17) is 11.6 Å². The second-order valence-electron chi connectivity index (χ2n) is 5.28. The van der Waals surface area contributed by atoms with Crippen molar-refractivity contribution in [3.63, 3.8) is 0 Å². The molecule has 1 atom stereocenters. The predicted octanol–water partition coefficient (Wildman–Crippen LogP) is 2.15. The summed E-state index contributed by atoms with van der Waals surface area (Å²) < 4.78 is 0. The minimum absolute atomic E-state index is 0.0276. The van der Waals surface area contributed by atoms with Crippen LogP contribution in [0.2, 0.25) is 5.02 Å². The van der Waals surface area contributed by atoms with E-state index in [0.29, 0.717) is 0 Å². The van der Waals surface area contributed by atoms with Gasteiger partial charge in [-0.2, -0.15) is 0 Å². The summed E-state index contributed by atoms with van der Waals surface area (Å²) in [5, 5.41) is 7.05. The summed E-state index contributed by atoms with van der Waals surface area (Å²) in [5.74, 6) is 1.87. The highest BCUT2D eigenvalue weighted by atomic mass is 35.5. The monoisotopic (exact) mass is 296 g/mol. The molecule has 1 amide bonds. The summed E-state index contributed by atoms with van der Waals surface area (Å²) in [5.41, 5.74) is 1.36. The van der Waals surface area contributed by atoms with E-state index in [1.165, 1.54) is 5.56 Å². The first kappa shape index (κ1) is 13.3. The fourth-order valence-electron chi connectivity index (χ4n) is 2.48. The first-order valence-electron chi connectivity index (χ1n) is 6.55. The van der Waals surface area contributed by atoms with Crippen molar-refractivity contribution in [2.45, 2.75) is 24.3 Å². The number of nitrogens with one attached hydrogen (secondary N) is 2. The van der Waals surface area contributed by atoms with Gasteiger partial charge in [0.1, 0.15) is 0 Å². The Bertz CT molecular complexity index is 484. The molecule has 1 heterocycles. The van der Waals surface area contributed by atoms with Crippen LogP contribution in [0, 0.1) is 0 Å². The number of amides is 1. The maximum atomic E-state index is 12.0. The van der Waals surface area contributed by atoms with E-state index >= 15 is 0 Å². The Morgan fingerprint density at radius 3 is 3.00 bits per heavy atom. The third-order valence-corrected chi connectivity index (χ3v) is 5.10. The van der Waals surface area contributed by atoms with Crippen molar-refractivity contribution in [2.75, 3.05) is 18.2 Å². The molecular formula is C14H17ClN2OS. The van der Waals surface area contributed by atoms with Crippen LogP contribution in [0.4, 0.5) is 0 Å². The van der Waals surface area contributed by atoms with Gasteiger partial charge < -0.3 is 5.32 Å². The lowest BCUT2D eigenvalue weighted by atomic mass is 9.96. The van der Waals surface area contributed by atoms with Gasteiger partial charge in [-0.1, -0.05) is 23.7 Å². The Kier molecular flexibility index (Phi) is 3.74. The molecule has 102 valence electrons. The van der Waals surface area contributed by atoms with Gasteiger partial charge in [-0.15, -0.1) is 11.8 Å². The molecule has 2 fully saturated rings. The molecule has 0 spiro atoms. The number of hydrogen-bond acceptors (Lipinski definition) is 3. The summed E-state index contributed by atoms with van der Waals surface area (Å²) in [6.45, 7) is 0.717. The quantitative estimate of drug-likeness (QED) is 0.894. The van der Waals surface area contributed by atoms with Gasteiger partial charge in [0.15, 0.2) is 0 Å². The number of hydrogen-bond donors (Lipinski definition) is 2. The molecule has 1 aliphatic carbocycles. The number of carbonyl (C=O) groups excluding carboxylic acids is 1. The maximum Gasteiger partial charge on any atom is 0.238 e. The van der Waals surface area contributed by atoms with Gasteiger partial charge in [0.25, 0.3) is 0 Å². The Hall–Kier alpha value is -0.710. The first-order chi connectivity index (χ1) is 9.20. The standard InChI is InChI=1S/C14H17ClN2OS/c15-11-3-1-2-10(6-11)14(4-5-14)8-16-13(18)12-7-19-9-17-12/h1-3,6,12,17H,4-5,7-9H2,(H,16,18). The lowest BCUT2D eigenvalue weighted by Gasteiger charge is -2.18. The van der Waals surface area contributed by atoms with E-state index in [2.05, 4.69) is 16.7 Å². The van der Waals surface area contributed by atoms with Crippen LogP contribution in [-0.2, 0) is 10.2 Å². The number of benzene rings is 1. The molecule has 3 nitrogen and oxygen atoms in total. The van der Waals surface area contributed by atoms with Crippen LogP contribution >= 0.6 is 23.4 Å². The zero-order valence-corrected chi connectivity index (χ0v) is 12.2. The van der Waals surface area contributed by atoms with E-state index in [9.17, 15) is 4.79 Å². The van der Waals surface area contributed by atoms with Gasteiger partial charge in [-0.25, -0.2) is 0 Å². The highest BCUT2D eigenvalue weighted by molar-refractivity contribution is 7.99. The minimum atomic E-state index is -0.0276. The van der Waals surface area contributed by atoms with Crippen molar-refractivity contribution in [1.29, 1.82) is 0 Å². The van der Waals surface area contributed by atoms with Crippen LogP contribution < -0.4 is 10.6 Å². The number of carbonyl (C=O) groups is 1. The zero-order valence-electron chi connectivity index (χ0n) is 10.6. The van der Waals surface area contributed by atoms with Crippen molar-refractivity contribution < 1.29 is 4.79 Å². The van der Waals surface area contributed by atoms with Gasteiger partial charge in [0.05, 0.1) is 6.04 Å². The molecule has 5 heteroatoms. The third kappa shape index (κ3) is 2.91. The van der Waals surface area contributed by atoms with Crippen molar-refractivity contribution in [3.8, 4) is 0 Å². The van der Waals surface area contributed by atoms with Crippen molar-refractivity contribution in [2.24, 2.45) is 0 Å². The van der Waals surface area contributed by atoms with Crippen LogP contribution in [0.5, 0.6) is 0 Å². The van der Waals surface area contributed by atoms with Crippen LogP contribution in [0.1, 0.15) is 18.4 Å². The van der Waals surface area contributed by atoms with Gasteiger partial charge in [-0.3, -0.25) is 10.1 Å². The van der Waals surface area contributed by atoms with E-state index in [0.717, 1.165) is 36.0 Å². The molecule has 2 aliphatic rings. The van der Waals surface area contributed by atoms with Gasteiger partial charge >= 0.3 is 0 Å². The second kappa shape index (κ2) is 5.35. The molecule has 1 saturated heterocycles. The van der Waals surface area contributed by atoms with E-state index in [-0.39, 0.29) is 17.4 Å². The molecule has 2 N–H and O–H groups in total. The SMILES string of the molecule is O=C(NCC1(c2cccc(Cl)c2)CC1)C1CSCN1. The smallest absolute Gasteiger partial charge is 0.238 e. The maximum absolute atomic E-state index is 12.0. The molecule has 19 heavy (non-hydrogen) atoms. The van der Waals surface area contributed by atoms with Crippen molar-refractivity contribution >= 4 is 29.3 Å². The molecule has 1 saturated carbocycles. The summed E-state index contributed by atoms with van der Waals surface area (Å²) in [7, 11) is 0. The van der Waals surface area contributed by atoms with E-state index < -0.39 is 0 Å².